The van der Waals surface area contributed by atoms with Crippen LogP contribution in [0.15, 0.2) is 48.5 Å². The van der Waals surface area contributed by atoms with E-state index in [-0.39, 0.29) is 6.04 Å². The molecule has 0 bridgehead atoms. The van der Waals surface area contributed by atoms with E-state index in [1.165, 1.54) is 0 Å². The molecule has 1 unspecified atom stereocenters. The van der Waals surface area contributed by atoms with Crippen molar-refractivity contribution in [3.8, 4) is 17.6 Å². The van der Waals surface area contributed by atoms with E-state index in [9.17, 15) is 0 Å². The zero-order chi connectivity index (χ0) is 15.1. The number of hydrogen-bond acceptors (Lipinski definition) is 2. The maximum atomic E-state index is 6.05. The third-order valence-corrected chi connectivity index (χ3v) is 3.41. The quantitative estimate of drug-likeness (QED) is 0.860. The molecule has 0 spiro atoms. The molecular formula is C18H18ClNO. The highest BCUT2D eigenvalue weighted by molar-refractivity contribution is 6.30. The van der Waals surface area contributed by atoms with Crippen molar-refractivity contribution < 1.29 is 4.74 Å². The predicted octanol–water partition coefficient (Wildman–Crippen LogP) is 4.05. The molecule has 0 aromatic heterocycles. The summed E-state index contributed by atoms with van der Waals surface area (Å²) in [5.74, 6) is 6.90. The molecule has 0 saturated carbocycles. The summed E-state index contributed by atoms with van der Waals surface area (Å²) < 4.78 is 5.76. The Bertz CT molecular complexity index is 643. The third kappa shape index (κ3) is 4.53. The number of benzene rings is 2. The highest BCUT2D eigenvalue weighted by atomic mass is 35.5. The monoisotopic (exact) mass is 299 g/mol. The Hall–Kier alpha value is -1.95. The van der Waals surface area contributed by atoms with E-state index >= 15 is 0 Å². The van der Waals surface area contributed by atoms with Crippen LogP contribution in [0.1, 0.15) is 24.1 Å². The van der Waals surface area contributed by atoms with Crippen molar-refractivity contribution in [1.29, 1.82) is 0 Å². The third-order valence-electron chi connectivity index (χ3n) is 3.18. The summed E-state index contributed by atoms with van der Waals surface area (Å²) in [6.07, 6.45) is 0. The first-order valence-electron chi connectivity index (χ1n) is 6.84. The second kappa shape index (κ2) is 7.73. The molecule has 0 aliphatic rings. The number of ether oxygens (including phenoxy) is 1. The van der Waals surface area contributed by atoms with E-state index in [0.29, 0.717) is 11.6 Å². The van der Waals surface area contributed by atoms with Crippen molar-refractivity contribution in [2.24, 2.45) is 0 Å². The number of rotatable bonds is 4. The molecule has 0 amide bonds. The van der Waals surface area contributed by atoms with Crippen molar-refractivity contribution in [3.05, 3.63) is 64.7 Å². The molecule has 0 heterocycles. The molecule has 21 heavy (non-hydrogen) atoms. The fourth-order valence-corrected chi connectivity index (χ4v) is 2.10. The van der Waals surface area contributed by atoms with Crippen molar-refractivity contribution >= 4 is 11.6 Å². The van der Waals surface area contributed by atoms with Gasteiger partial charge in [0, 0.05) is 22.2 Å². The summed E-state index contributed by atoms with van der Waals surface area (Å²) in [6.45, 7) is 2.41. The average molecular weight is 300 g/mol. The van der Waals surface area contributed by atoms with E-state index in [4.69, 9.17) is 16.3 Å². The first kappa shape index (κ1) is 15.4. The normalized spacial score (nSPS) is 11.4. The molecule has 0 radical (unpaired) electrons. The Balaban J connectivity index is 2.05. The van der Waals surface area contributed by atoms with Gasteiger partial charge in [-0.15, -0.1) is 0 Å². The van der Waals surface area contributed by atoms with Gasteiger partial charge in [0.05, 0.1) is 0 Å². The van der Waals surface area contributed by atoms with E-state index in [0.717, 1.165) is 16.9 Å². The van der Waals surface area contributed by atoms with Crippen molar-refractivity contribution in [3.63, 3.8) is 0 Å². The lowest BCUT2D eigenvalue weighted by molar-refractivity contribution is 0.362. The van der Waals surface area contributed by atoms with Crippen LogP contribution in [-0.4, -0.2) is 13.7 Å². The number of hydrogen-bond donors (Lipinski definition) is 1. The maximum absolute atomic E-state index is 6.05. The Labute approximate surface area is 131 Å². The molecule has 1 atom stereocenters. The summed E-state index contributed by atoms with van der Waals surface area (Å²) in [4.78, 5) is 0. The van der Waals surface area contributed by atoms with Gasteiger partial charge >= 0.3 is 0 Å². The summed E-state index contributed by atoms with van der Waals surface area (Å²) in [7, 11) is 1.91. The maximum Gasteiger partial charge on any atom is 0.149 e. The topological polar surface area (TPSA) is 21.3 Å². The van der Waals surface area contributed by atoms with Crippen LogP contribution < -0.4 is 10.1 Å². The fourth-order valence-electron chi connectivity index (χ4n) is 1.92. The minimum atomic E-state index is 0.167. The zero-order valence-corrected chi connectivity index (χ0v) is 12.9. The first-order valence-corrected chi connectivity index (χ1v) is 7.22. The molecule has 2 nitrogen and oxygen atoms in total. The van der Waals surface area contributed by atoms with Gasteiger partial charge in [0.25, 0.3) is 0 Å². The van der Waals surface area contributed by atoms with Crippen LogP contribution in [0.25, 0.3) is 0 Å². The van der Waals surface area contributed by atoms with Crippen molar-refractivity contribution in [2.45, 2.75) is 13.0 Å². The predicted molar refractivity (Wildman–Crippen MR) is 87.7 cm³/mol. The molecule has 2 aromatic rings. The van der Waals surface area contributed by atoms with E-state index in [1.807, 2.05) is 55.6 Å². The highest BCUT2D eigenvalue weighted by Crippen LogP contribution is 2.28. The van der Waals surface area contributed by atoms with Crippen LogP contribution in [0.5, 0.6) is 5.75 Å². The second-order valence-corrected chi connectivity index (χ2v) is 5.09. The minimum absolute atomic E-state index is 0.167. The number of halogens is 1. The van der Waals surface area contributed by atoms with Gasteiger partial charge in [0.1, 0.15) is 12.4 Å². The lowest BCUT2D eigenvalue weighted by Crippen LogP contribution is -2.13. The molecule has 0 fully saturated rings. The molecular weight excluding hydrogens is 282 g/mol. The van der Waals surface area contributed by atoms with Crippen molar-refractivity contribution in [1.82, 2.24) is 5.32 Å². The van der Waals surface area contributed by atoms with E-state index in [2.05, 4.69) is 24.1 Å². The van der Waals surface area contributed by atoms with Crippen LogP contribution >= 0.6 is 11.6 Å². The molecule has 2 rings (SSSR count). The lowest BCUT2D eigenvalue weighted by atomic mass is 10.1. The second-order valence-electron chi connectivity index (χ2n) is 4.65. The van der Waals surface area contributed by atoms with Gasteiger partial charge in [-0.1, -0.05) is 41.6 Å². The number of nitrogens with one attached hydrogen (secondary N) is 1. The van der Waals surface area contributed by atoms with Gasteiger partial charge in [-0.05, 0) is 44.3 Å². The zero-order valence-electron chi connectivity index (χ0n) is 12.2. The Kier molecular flexibility index (Phi) is 5.68. The Morgan fingerprint density at radius 3 is 2.67 bits per heavy atom. The van der Waals surface area contributed by atoms with Gasteiger partial charge in [-0.3, -0.25) is 0 Å². The largest absolute Gasteiger partial charge is 0.481 e. The van der Waals surface area contributed by atoms with Crippen LogP contribution in [0.4, 0.5) is 0 Å². The molecule has 1 N–H and O–H groups in total. The molecule has 108 valence electrons. The van der Waals surface area contributed by atoms with Crippen molar-refractivity contribution in [2.75, 3.05) is 13.7 Å². The van der Waals surface area contributed by atoms with E-state index in [1.54, 1.807) is 0 Å². The SMILES string of the molecule is CNC(C)c1cc(Cl)ccc1OCC#Cc1ccccc1. The Morgan fingerprint density at radius 1 is 1.19 bits per heavy atom. The highest BCUT2D eigenvalue weighted by Gasteiger charge is 2.10. The van der Waals surface area contributed by atoms with Crippen LogP contribution in [-0.2, 0) is 0 Å². The van der Waals surface area contributed by atoms with Gasteiger partial charge in [-0.2, -0.15) is 0 Å². The summed E-state index contributed by atoms with van der Waals surface area (Å²) in [5.41, 5.74) is 2.02. The lowest BCUT2D eigenvalue weighted by Gasteiger charge is -2.15. The van der Waals surface area contributed by atoms with Gasteiger partial charge in [-0.25, -0.2) is 0 Å². The van der Waals surface area contributed by atoms with Crippen LogP contribution in [0, 0.1) is 11.8 Å². The average Bonchev–Trinajstić information content (AvgIpc) is 2.53. The molecule has 0 aliphatic heterocycles. The summed E-state index contributed by atoms with van der Waals surface area (Å²) in [6, 6.07) is 15.7. The minimum Gasteiger partial charge on any atom is -0.481 e. The van der Waals surface area contributed by atoms with E-state index < -0.39 is 0 Å². The molecule has 3 heteroatoms. The Morgan fingerprint density at radius 2 is 1.95 bits per heavy atom. The van der Waals surface area contributed by atoms with Crippen LogP contribution in [0.3, 0.4) is 0 Å². The van der Waals surface area contributed by atoms with Gasteiger partial charge in [0.15, 0.2) is 0 Å². The standard InChI is InChI=1S/C18H18ClNO/c1-14(20-2)17-13-16(19)10-11-18(17)21-12-6-9-15-7-4-3-5-8-15/h3-5,7-8,10-11,13-14,20H,12H2,1-2H3. The molecule has 2 aromatic carbocycles. The fraction of sp³-hybridized carbons (Fsp3) is 0.222. The molecule has 0 aliphatic carbocycles. The molecule has 0 saturated heterocycles. The van der Waals surface area contributed by atoms with Crippen LogP contribution in [0.2, 0.25) is 5.02 Å². The first-order chi connectivity index (χ1) is 10.2. The smallest absolute Gasteiger partial charge is 0.149 e. The van der Waals surface area contributed by atoms with Gasteiger partial charge in [0.2, 0.25) is 0 Å². The summed E-state index contributed by atoms with van der Waals surface area (Å²) >= 11 is 6.05. The van der Waals surface area contributed by atoms with Gasteiger partial charge < -0.3 is 10.1 Å². The summed E-state index contributed by atoms with van der Waals surface area (Å²) in [5, 5.41) is 3.89.